The van der Waals surface area contributed by atoms with Crippen LogP contribution >= 0.6 is 0 Å². The van der Waals surface area contributed by atoms with Crippen molar-refractivity contribution in [2.45, 2.75) is 52.7 Å². The molecule has 0 spiro atoms. The van der Waals surface area contributed by atoms with Crippen LogP contribution in [0.4, 0.5) is 5.69 Å². The van der Waals surface area contributed by atoms with E-state index in [0.717, 1.165) is 28.1 Å². The molecule has 0 aliphatic carbocycles. The second kappa shape index (κ2) is 12.6. The van der Waals surface area contributed by atoms with Gasteiger partial charge in [-0.1, -0.05) is 36.8 Å². The molecule has 0 heterocycles. The Balaban J connectivity index is 2.45. The van der Waals surface area contributed by atoms with E-state index in [0.29, 0.717) is 5.75 Å². The second-order valence-corrected chi connectivity index (χ2v) is 10.7. The Morgan fingerprint density at radius 3 is 2.19 bits per heavy atom. The molecule has 2 aromatic carbocycles. The summed E-state index contributed by atoms with van der Waals surface area (Å²) in [5, 5.41) is 2.91. The molecule has 0 aromatic heterocycles. The number of nitrogens with zero attached hydrogens (tertiary/aromatic N) is 2. The van der Waals surface area contributed by atoms with Gasteiger partial charge in [0.1, 0.15) is 24.1 Å². The topological polar surface area (TPSA) is 105 Å². The fraction of sp³-hybridized carbons (Fsp3) is 0.462. The van der Waals surface area contributed by atoms with E-state index < -0.39 is 28.5 Å². The number of amides is 2. The first kappa shape index (κ1) is 29.0. The van der Waals surface area contributed by atoms with Gasteiger partial charge in [0.15, 0.2) is 0 Å². The summed E-state index contributed by atoms with van der Waals surface area (Å²) >= 11 is 0. The minimum Gasteiger partial charge on any atom is -0.497 e. The molecule has 198 valence electrons. The Labute approximate surface area is 214 Å². The van der Waals surface area contributed by atoms with Crippen molar-refractivity contribution in [1.82, 2.24) is 10.2 Å². The Morgan fingerprint density at radius 1 is 1.03 bits per heavy atom. The largest absolute Gasteiger partial charge is 0.497 e. The average molecular weight is 520 g/mol. The summed E-state index contributed by atoms with van der Waals surface area (Å²) in [5.74, 6) is -0.115. The van der Waals surface area contributed by atoms with Gasteiger partial charge in [0, 0.05) is 18.7 Å². The predicted molar refractivity (Wildman–Crippen MR) is 141 cm³/mol. The number of benzene rings is 2. The molecule has 0 saturated carbocycles. The van der Waals surface area contributed by atoms with Gasteiger partial charge in [-0.2, -0.15) is 0 Å². The number of methoxy groups -OCH3 is 2. The van der Waals surface area contributed by atoms with Crippen molar-refractivity contribution in [3.8, 4) is 11.5 Å². The number of aryl methyl sites for hydroxylation is 1. The van der Waals surface area contributed by atoms with Crippen LogP contribution in [0.2, 0.25) is 0 Å². The maximum Gasteiger partial charge on any atom is 0.244 e. The molecule has 2 unspecified atom stereocenters. The van der Waals surface area contributed by atoms with Gasteiger partial charge >= 0.3 is 0 Å². The zero-order chi connectivity index (χ0) is 27.0. The first-order chi connectivity index (χ1) is 16.9. The molecule has 9 nitrogen and oxygen atoms in total. The normalized spacial score (nSPS) is 12.9. The first-order valence-corrected chi connectivity index (χ1v) is 13.6. The zero-order valence-electron chi connectivity index (χ0n) is 22.1. The SMILES string of the molecule is CCC(C)NC(=O)C(C)N(Cc1ccc(C)cc1)C(=O)CN(c1ccc(OC)cc1OC)S(C)(=O)=O. The lowest BCUT2D eigenvalue weighted by Crippen LogP contribution is -2.52. The van der Waals surface area contributed by atoms with E-state index in [1.165, 1.54) is 25.2 Å². The number of anilines is 1. The molecule has 0 aliphatic rings. The van der Waals surface area contributed by atoms with Crippen LogP contribution in [0.15, 0.2) is 42.5 Å². The highest BCUT2D eigenvalue weighted by Gasteiger charge is 2.31. The van der Waals surface area contributed by atoms with Gasteiger partial charge in [-0.05, 0) is 44.9 Å². The number of nitrogens with one attached hydrogen (secondary N) is 1. The van der Waals surface area contributed by atoms with Crippen LogP contribution in [0, 0.1) is 6.92 Å². The molecule has 0 fully saturated rings. The van der Waals surface area contributed by atoms with E-state index in [-0.39, 0.29) is 29.9 Å². The van der Waals surface area contributed by atoms with Gasteiger partial charge in [0.05, 0.1) is 26.2 Å². The zero-order valence-corrected chi connectivity index (χ0v) is 22.9. The third-order valence-electron chi connectivity index (χ3n) is 5.98. The molecule has 2 amide bonds. The van der Waals surface area contributed by atoms with E-state index in [1.54, 1.807) is 19.1 Å². The molecule has 2 aromatic rings. The van der Waals surface area contributed by atoms with Crippen LogP contribution in [0.25, 0.3) is 0 Å². The van der Waals surface area contributed by atoms with Crippen molar-refractivity contribution < 1.29 is 27.5 Å². The van der Waals surface area contributed by atoms with Gasteiger partial charge in [-0.15, -0.1) is 0 Å². The maximum atomic E-state index is 13.6. The van der Waals surface area contributed by atoms with Crippen molar-refractivity contribution in [3.63, 3.8) is 0 Å². The van der Waals surface area contributed by atoms with E-state index in [1.807, 2.05) is 45.0 Å². The van der Waals surface area contributed by atoms with Gasteiger partial charge in [0.2, 0.25) is 21.8 Å². The van der Waals surface area contributed by atoms with Crippen LogP contribution in [0.5, 0.6) is 11.5 Å². The third-order valence-corrected chi connectivity index (χ3v) is 7.10. The quantitative estimate of drug-likeness (QED) is 0.462. The van der Waals surface area contributed by atoms with Crippen LogP contribution < -0.4 is 19.1 Å². The Bertz CT molecular complexity index is 1150. The summed E-state index contributed by atoms with van der Waals surface area (Å²) in [6, 6.07) is 11.4. The van der Waals surface area contributed by atoms with E-state index >= 15 is 0 Å². The maximum absolute atomic E-state index is 13.6. The number of hydrogen-bond donors (Lipinski definition) is 1. The van der Waals surface area contributed by atoms with Gasteiger partial charge in [-0.3, -0.25) is 13.9 Å². The lowest BCUT2D eigenvalue weighted by molar-refractivity contribution is -0.139. The number of carbonyl (C=O) groups is 2. The number of rotatable bonds is 12. The molecule has 1 N–H and O–H groups in total. The Hall–Kier alpha value is -3.27. The number of sulfonamides is 1. The van der Waals surface area contributed by atoms with Crippen molar-refractivity contribution in [1.29, 1.82) is 0 Å². The van der Waals surface area contributed by atoms with E-state index in [4.69, 9.17) is 9.47 Å². The first-order valence-electron chi connectivity index (χ1n) is 11.8. The van der Waals surface area contributed by atoms with Gasteiger partial charge in [0.25, 0.3) is 0 Å². The second-order valence-electron chi connectivity index (χ2n) is 8.81. The average Bonchev–Trinajstić information content (AvgIpc) is 2.85. The van der Waals surface area contributed by atoms with Crippen LogP contribution in [-0.4, -0.2) is 64.2 Å². The summed E-state index contributed by atoms with van der Waals surface area (Å²) < 4.78 is 37.1. The standard InChI is InChI=1S/C26H37N3O6S/c1-8-19(3)27-26(31)20(4)28(16-21-11-9-18(2)10-12-21)25(30)17-29(36(7,32)33)23-14-13-22(34-5)15-24(23)35-6/h9-15,19-20H,8,16-17H2,1-7H3,(H,27,31). The molecule has 0 radical (unpaired) electrons. The van der Waals surface area contributed by atoms with Crippen molar-refractivity contribution in [3.05, 3.63) is 53.6 Å². The van der Waals surface area contributed by atoms with Crippen molar-refractivity contribution in [2.75, 3.05) is 31.3 Å². The molecular weight excluding hydrogens is 482 g/mol. The summed E-state index contributed by atoms with van der Waals surface area (Å²) in [5.41, 5.74) is 2.08. The predicted octanol–water partition coefficient (Wildman–Crippen LogP) is 3.11. The van der Waals surface area contributed by atoms with E-state index in [2.05, 4.69) is 5.32 Å². The van der Waals surface area contributed by atoms with Gasteiger partial charge in [-0.25, -0.2) is 8.42 Å². The molecule has 2 atom stereocenters. The highest BCUT2D eigenvalue weighted by Crippen LogP contribution is 2.33. The summed E-state index contributed by atoms with van der Waals surface area (Å²) in [4.78, 5) is 28.0. The van der Waals surface area contributed by atoms with Crippen molar-refractivity contribution in [2.24, 2.45) is 0 Å². The Kier molecular flexibility index (Phi) is 10.2. The fourth-order valence-corrected chi connectivity index (χ4v) is 4.38. The highest BCUT2D eigenvalue weighted by molar-refractivity contribution is 7.92. The summed E-state index contributed by atoms with van der Waals surface area (Å²) in [6.07, 6.45) is 1.76. The van der Waals surface area contributed by atoms with Crippen LogP contribution in [-0.2, 0) is 26.2 Å². The summed E-state index contributed by atoms with van der Waals surface area (Å²) in [6.45, 7) is 7.08. The molecule has 0 bridgehead atoms. The Morgan fingerprint density at radius 2 is 1.67 bits per heavy atom. The van der Waals surface area contributed by atoms with E-state index in [9.17, 15) is 18.0 Å². The highest BCUT2D eigenvalue weighted by atomic mass is 32.2. The molecule has 0 aliphatic heterocycles. The molecule has 10 heteroatoms. The summed E-state index contributed by atoms with van der Waals surface area (Å²) in [7, 11) is -0.986. The number of ether oxygens (including phenoxy) is 2. The van der Waals surface area contributed by atoms with Crippen molar-refractivity contribution >= 4 is 27.5 Å². The van der Waals surface area contributed by atoms with Gasteiger partial charge < -0.3 is 19.7 Å². The molecule has 0 saturated heterocycles. The lowest BCUT2D eigenvalue weighted by Gasteiger charge is -2.32. The lowest BCUT2D eigenvalue weighted by atomic mass is 10.1. The number of hydrogen-bond acceptors (Lipinski definition) is 6. The molecular formula is C26H37N3O6S. The fourth-order valence-electron chi connectivity index (χ4n) is 3.52. The monoisotopic (exact) mass is 519 g/mol. The van der Waals surface area contributed by atoms with Crippen LogP contribution in [0.1, 0.15) is 38.3 Å². The number of carbonyl (C=O) groups excluding carboxylic acids is 2. The molecule has 36 heavy (non-hydrogen) atoms. The smallest absolute Gasteiger partial charge is 0.244 e. The third kappa shape index (κ3) is 7.61. The molecule has 2 rings (SSSR count). The van der Waals surface area contributed by atoms with Crippen LogP contribution in [0.3, 0.4) is 0 Å². The minimum absolute atomic E-state index is 0.0626. The minimum atomic E-state index is -3.88.